The molecule has 1 aliphatic heterocycles. The van der Waals surface area contributed by atoms with Gasteiger partial charge in [-0.2, -0.15) is 4.31 Å². The van der Waals surface area contributed by atoms with Crippen LogP contribution in [0.4, 0.5) is 0 Å². The Balaban J connectivity index is 2.57. The van der Waals surface area contributed by atoms with E-state index in [0.717, 1.165) is 0 Å². The minimum atomic E-state index is -3.10. The Morgan fingerprint density at radius 2 is 1.93 bits per heavy atom. The summed E-state index contributed by atoms with van der Waals surface area (Å²) in [5.41, 5.74) is -0.805. The molecule has 4 nitrogen and oxygen atoms in total. The number of aliphatic hydroxyl groups is 1. The van der Waals surface area contributed by atoms with E-state index in [-0.39, 0.29) is 24.8 Å². The molecule has 5 heteroatoms. The Kier molecular flexibility index (Phi) is 3.23. The van der Waals surface area contributed by atoms with Crippen LogP contribution < -0.4 is 0 Å². The largest absolute Gasteiger partial charge is 0.387 e. The highest BCUT2D eigenvalue weighted by molar-refractivity contribution is 7.89. The average Bonchev–Trinajstić information content (AvgIpc) is 1.97. The van der Waals surface area contributed by atoms with Gasteiger partial charge in [0.15, 0.2) is 0 Å². The van der Waals surface area contributed by atoms with E-state index in [4.69, 9.17) is 0 Å². The van der Waals surface area contributed by atoms with Crippen molar-refractivity contribution in [1.29, 1.82) is 0 Å². The molecule has 14 heavy (non-hydrogen) atoms. The third kappa shape index (κ3) is 2.10. The molecule has 1 fully saturated rings. The molecule has 84 valence electrons. The zero-order chi connectivity index (χ0) is 11.0. The topological polar surface area (TPSA) is 57.6 Å². The van der Waals surface area contributed by atoms with Crippen LogP contribution in [0.2, 0.25) is 0 Å². The molecule has 0 spiro atoms. The first-order valence-electron chi connectivity index (χ1n) is 5.02. The molecule has 0 aromatic heterocycles. The van der Waals surface area contributed by atoms with Gasteiger partial charge >= 0.3 is 0 Å². The van der Waals surface area contributed by atoms with Gasteiger partial charge in [-0.25, -0.2) is 8.42 Å². The molecule has 0 aromatic carbocycles. The van der Waals surface area contributed by atoms with Crippen LogP contribution in [0.25, 0.3) is 0 Å². The third-order valence-corrected chi connectivity index (χ3v) is 4.80. The number of β-amino-alcohol motifs (C(OH)–C–C–N with tert-alkyl or cyclic N) is 1. The standard InChI is InChI=1S/C9H19NO3S/c1-4-5-14(12,13)10-6-9(11,7-10)8(2)3/h8,11H,4-7H2,1-3H3. The van der Waals surface area contributed by atoms with Gasteiger partial charge in [0.1, 0.15) is 0 Å². The van der Waals surface area contributed by atoms with Gasteiger partial charge in [-0.05, 0) is 12.3 Å². The Morgan fingerprint density at radius 1 is 1.43 bits per heavy atom. The van der Waals surface area contributed by atoms with Crippen LogP contribution in [0.15, 0.2) is 0 Å². The fourth-order valence-electron chi connectivity index (χ4n) is 1.51. The molecule has 0 unspecified atom stereocenters. The molecule has 0 radical (unpaired) electrons. The summed E-state index contributed by atoms with van der Waals surface area (Å²) < 4.78 is 24.4. The Labute approximate surface area is 86.0 Å². The summed E-state index contributed by atoms with van der Waals surface area (Å²) in [7, 11) is -3.10. The van der Waals surface area contributed by atoms with Crippen LogP contribution in [-0.4, -0.2) is 42.3 Å². The lowest BCUT2D eigenvalue weighted by Gasteiger charge is -2.47. The van der Waals surface area contributed by atoms with E-state index in [1.54, 1.807) is 0 Å². The lowest BCUT2D eigenvalue weighted by Crippen LogP contribution is -2.66. The van der Waals surface area contributed by atoms with Gasteiger partial charge in [0, 0.05) is 13.1 Å². The highest BCUT2D eigenvalue weighted by Gasteiger charge is 2.48. The maximum atomic E-state index is 11.5. The third-order valence-electron chi connectivity index (χ3n) is 2.83. The Bertz CT molecular complexity index is 291. The second kappa shape index (κ2) is 3.79. The first-order valence-corrected chi connectivity index (χ1v) is 6.63. The van der Waals surface area contributed by atoms with Gasteiger partial charge in [-0.15, -0.1) is 0 Å². The summed E-state index contributed by atoms with van der Waals surface area (Å²) in [6.07, 6.45) is 0.624. The first-order chi connectivity index (χ1) is 6.32. The van der Waals surface area contributed by atoms with E-state index < -0.39 is 15.6 Å². The molecule has 1 saturated heterocycles. The average molecular weight is 221 g/mol. The van der Waals surface area contributed by atoms with Crippen LogP contribution in [0, 0.1) is 5.92 Å². The summed E-state index contributed by atoms with van der Waals surface area (Å²) in [6, 6.07) is 0. The van der Waals surface area contributed by atoms with Crippen molar-refractivity contribution in [2.45, 2.75) is 32.8 Å². The van der Waals surface area contributed by atoms with Crippen molar-refractivity contribution in [1.82, 2.24) is 4.31 Å². The number of rotatable bonds is 4. The zero-order valence-corrected chi connectivity index (χ0v) is 9.84. The van der Waals surface area contributed by atoms with E-state index in [1.165, 1.54) is 4.31 Å². The van der Waals surface area contributed by atoms with Gasteiger partial charge < -0.3 is 5.11 Å². The van der Waals surface area contributed by atoms with Crippen molar-refractivity contribution in [3.05, 3.63) is 0 Å². The first kappa shape index (κ1) is 11.9. The van der Waals surface area contributed by atoms with Crippen molar-refractivity contribution in [2.24, 2.45) is 5.92 Å². The van der Waals surface area contributed by atoms with E-state index in [2.05, 4.69) is 0 Å². The lowest BCUT2D eigenvalue weighted by atomic mass is 9.85. The van der Waals surface area contributed by atoms with Crippen molar-refractivity contribution >= 4 is 10.0 Å². The van der Waals surface area contributed by atoms with Crippen molar-refractivity contribution in [3.8, 4) is 0 Å². The summed E-state index contributed by atoms with van der Waals surface area (Å²) in [4.78, 5) is 0. The zero-order valence-electron chi connectivity index (χ0n) is 9.02. The molecule has 1 aliphatic rings. The molecule has 0 aliphatic carbocycles. The predicted molar refractivity (Wildman–Crippen MR) is 55.4 cm³/mol. The normalized spacial score (nSPS) is 22.4. The summed E-state index contributed by atoms with van der Waals surface area (Å²) >= 11 is 0. The van der Waals surface area contributed by atoms with Crippen LogP contribution in [0.1, 0.15) is 27.2 Å². The molecular formula is C9H19NO3S. The van der Waals surface area contributed by atoms with Gasteiger partial charge in [0.05, 0.1) is 11.4 Å². The molecule has 1 heterocycles. The van der Waals surface area contributed by atoms with Gasteiger partial charge in [-0.1, -0.05) is 20.8 Å². The smallest absolute Gasteiger partial charge is 0.214 e. The molecule has 0 atom stereocenters. The van der Waals surface area contributed by atoms with Gasteiger partial charge in [-0.3, -0.25) is 0 Å². The summed E-state index contributed by atoms with van der Waals surface area (Å²) in [5.74, 6) is 0.289. The van der Waals surface area contributed by atoms with Crippen molar-refractivity contribution in [2.75, 3.05) is 18.8 Å². The quantitative estimate of drug-likeness (QED) is 0.749. The Hall–Kier alpha value is -0.130. The number of hydrogen-bond acceptors (Lipinski definition) is 3. The molecule has 0 saturated carbocycles. The second-order valence-corrected chi connectivity index (χ2v) is 6.43. The van der Waals surface area contributed by atoms with Crippen LogP contribution in [0.5, 0.6) is 0 Å². The van der Waals surface area contributed by atoms with E-state index >= 15 is 0 Å². The monoisotopic (exact) mass is 221 g/mol. The second-order valence-electron chi connectivity index (χ2n) is 4.34. The molecule has 1 rings (SSSR count). The summed E-state index contributed by atoms with van der Waals surface area (Å²) in [6.45, 7) is 6.17. The minimum absolute atomic E-state index is 0.107. The van der Waals surface area contributed by atoms with Crippen LogP contribution in [-0.2, 0) is 10.0 Å². The van der Waals surface area contributed by atoms with Gasteiger partial charge in [0.2, 0.25) is 10.0 Å². The number of sulfonamides is 1. The van der Waals surface area contributed by atoms with E-state index in [1.807, 2.05) is 20.8 Å². The highest BCUT2D eigenvalue weighted by Crippen LogP contribution is 2.30. The van der Waals surface area contributed by atoms with E-state index in [9.17, 15) is 13.5 Å². The highest BCUT2D eigenvalue weighted by atomic mass is 32.2. The Morgan fingerprint density at radius 3 is 2.29 bits per heavy atom. The molecular weight excluding hydrogens is 202 g/mol. The maximum Gasteiger partial charge on any atom is 0.214 e. The molecule has 0 bridgehead atoms. The van der Waals surface area contributed by atoms with Crippen molar-refractivity contribution < 1.29 is 13.5 Å². The molecule has 0 aromatic rings. The lowest BCUT2D eigenvalue weighted by molar-refractivity contribution is -0.0932. The van der Waals surface area contributed by atoms with Crippen LogP contribution >= 0.6 is 0 Å². The van der Waals surface area contributed by atoms with Crippen LogP contribution in [0.3, 0.4) is 0 Å². The number of nitrogens with zero attached hydrogens (tertiary/aromatic N) is 1. The fraction of sp³-hybridized carbons (Fsp3) is 1.00. The van der Waals surface area contributed by atoms with Crippen molar-refractivity contribution in [3.63, 3.8) is 0 Å². The maximum absolute atomic E-state index is 11.5. The minimum Gasteiger partial charge on any atom is -0.387 e. The molecule has 1 N–H and O–H groups in total. The molecule has 0 amide bonds. The fourth-order valence-corrected chi connectivity index (χ4v) is 3.13. The number of hydrogen-bond donors (Lipinski definition) is 1. The SMILES string of the molecule is CCCS(=O)(=O)N1CC(O)(C(C)C)C1. The summed E-state index contributed by atoms with van der Waals surface area (Å²) in [5, 5.41) is 9.88. The van der Waals surface area contributed by atoms with Gasteiger partial charge in [0.25, 0.3) is 0 Å². The van der Waals surface area contributed by atoms with E-state index in [0.29, 0.717) is 6.42 Å². The predicted octanol–water partition coefficient (Wildman–Crippen LogP) is 0.429.